The molecule has 7 heteroatoms. The van der Waals surface area contributed by atoms with Crippen LogP contribution in [0.25, 0.3) is 0 Å². The Labute approximate surface area is 84.7 Å². The van der Waals surface area contributed by atoms with E-state index < -0.39 is 11.9 Å². The number of aliphatic carboxylic acids is 1. The minimum absolute atomic E-state index is 0.0171. The maximum atomic E-state index is 11.4. The molecule has 0 aromatic carbocycles. The van der Waals surface area contributed by atoms with E-state index in [4.69, 9.17) is 9.52 Å². The third-order valence-corrected chi connectivity index (χ3v) is 2.22. The van der Waals surface area contributed by atoms with Gasteiger partial charge in [-0.05, 0) is 0 Å². The van der Waals surface area contributed by atoms with Crippen molar-refractivity contribution in [2.75, 3.05) is 11.4 Å². The molecule has 1 aliphatic rings. The SMILES string of the molecule is Cc1nnc(N2CC(C(=O)O)CC2=O)o1. The van der Waals surface area contributed by atoms with E-state index in [-0.39, 0.29) is 24.9 Å². The van der Waals surface area contributed by atoms with Crippen LogP contribution < -0.4 is 4.90 Å². The number of carbonyl (C=O) groups excluding carboxylic acids is 1. The normalized spacial score (nSPS) is 21.0. The van der Waals surface area contributed by atoms with Crippen LogP contribution in [0.5, 0.6) is 0 Å². The molecule has 1 saturated heterocycles. The van der Waals surface area contributed by atoms with Crippen molar-refractivity contribution in [3.8, 4) is 0 Å². The average Bonchev–Trinajstić information content (AvgIpc) is 2.71. The van der Waals surface area contributed by atoms with E-state index in [1.54, 1.807) is 6.92 Å². The maximum Gasteiger partial charge on any atom is 0.325 e. The first kappa shape index (κ1) is 9.63. The van der Waals surface area contributed by atoms with Crippen LogP contribution in [0.15, 0.2) is 4.42 Å². The van der Waals surface area contributed by atoms with Crippen LogP contribution in [0.1, 0.15) is 12.3 Å². The summed E-state index contributed by atoms with van der Waals surface area (Å²) in [5.41, 5.74) is 0. The van der Waals surface area contributed by atoms with Gasteiger partial charge in [0.15, 0.2) is 0 Å². The smallest absolute Gasteiger partial charge is 0.325 e. The van der Waals surface area contributed by atoms with Gasteiger partial charge in [-0.15, -0.1) is 5.10 Å². The zero-order valence-electron chi connectivity index (χ0n) is 8.01. The number of carboxylic acid groups (broad SMARTS) is 1. The summed E-state index contributed by atoms with van der Waals surface area (Å²) in [5.74, 6) is -1.63. The van der Waals surface area contributed by atoms with Gasteiger partial charge in [0.2, 0.25) is 11.8 Å². The highest BCUT2D eigenvalue weighted by Gasteiger charge is 2.37. The first-order valence-electron chi connectivity index (χ1n) is 4.41. The van der Waals surface area contributed by atoms with Gasteiger partial charge in [-0.1, -0.05) is 5.10 Å². The number of hydrogen-bond donors (Lipinski definition) is 1. The number of aryl methyl sites for hydroxylation is 1. The second kappa shape index (κ2) is 3.34. The number of nitrogens with zero attached hydrogens (tertiary/aromatic N) is 3. The topological polar surface area (TPSA) is 96.5 Å². The number of carboxylic acids is 1. The van der Waals surface area contributed by atoms with Gasteiger partial charge < -0.3 is 9.52 Å². The molecule has 1 fully saturated rings. The molecule has 1 amide bonds. The number of rotatable bonds is 2. The van der Waals surface area contributed by atoms with Crippen molar-refractivity contribution in [2.24, 2.45) is 5.92 Å². The lowest BCUT2D eigenvalue weighted by atomic mass is 10.1. The highest BCUT2D eigenvalue weighted by Crippen LogP contribution is 2.23. The largest absolute Gasteiger partial charge is 0.481 e. The first-order chi connectivity index (χ1) is 7.08. The monoisotopic (exact) mass is 211 g/mol. The molecule has 0 radical (unpaired) electrons. The molecule has 15 heavy (non-hydrogen) atoms. The van der Waals surface area contributed by atoms with Crippen LogP contribution >= 0.6 is 0 Å². The van der Waals surface area contributed by atoms with Gasteiger partial charge in [-0.2, -0.15) is 0 Å². The average molecular weight is 211 g/mol. The summed E-state index contributed by atoms with van der Waals surface area (Å²) in [5, 5.41) is 16.0. The Kier molecular flexibility index (Phi) is 2.14. The number of aromatic nitrogens is 2. The van der Waals surface area contributed by atoms with Gasteiger partial charge >= 0.3 is 12.0 Å². The van der Waals surface area contributed by atoms with E-state index in [1.165, 1.54) is 4.90 Å². The Hall–Kier alpha value is -1.92. The highest BCUT2D eigenvalue weighted by atomic mass is 16.4. The van der Waals surface area contributed by atoms with E-state index in [9.17, 15) is 9.59 Å². The zero-order valence-corrected chi connectivity index (χ0v) is 8.01. The van der Waals surface area contributed by atoms with E-state index in [2.05, 4.69) is 10.2 Å². The van der Waals surface area contributed by atoms with Crippen molar-refractivity contribution >= 4 is 17.9 Å². The minimum atomic E-state index is -0.984. The molecule has 1 unspecified atom stereocenters. The molecule has 1 aromatic rings. The van der Waals surface area contributed by atoms with Crippen molar-refractivity contribution in [3.63, 3.8) is 0 Å². The second-order valence-corrected chi connectivity index (χ2v) is 3.35. The summed E-state index contributed by atoms with van der Waals surface area (Å²) in [6.45, 7) is 1.70. The van der Waals surface area contributed by atoms with Gasteiger partial charge in [0.25, 0.3) is 0 Å². The molecule has 80 valence electrons. The summed E-state index contributed by atoms with van der Waals surface area (Å²) in [6.07, 6.45) is -0.0171. The third kappa shape index (κ3) is 1.67. The minimum Gasteiger partial charge on any atom is -0.481 e. The van der Waals surface area contributed by atoms with Gasteiger partial charge in [-0.3, -0.25) is 14.5 Å². The molecule has 0 aliphatic carbocycles. The number of amides is 1. The van der Waals surface area contributed by atoms with Gasteiger partial charge in [-0.25, -0.2) is 0 Å². The Morgan fingerprint density at radius 1 is 1.60 bits per heavy atom. The summed E-state index contributed by atoms with van der Waals surface area (Å²) >= 11 is 0. The molecule has 1 atom stereocenters. The molecule has 2 rings (SSSR count). The molecule has 1 aliphatic heterocycles. The lowest BCUT2D eigenvalue weighted by molar-refractivity contribution is -0.141. The van der Waals surface area contributed by atoms with Crippen molar-refractivity contribution < 1.29 is 19.1 Å². The molecule has 0 saturated carbocycles. The summed E-state index contributed by atoms with van der Waals surface area (Å²) in [6, 6.07) is 0.0706. The lowest BCUT2D eigenvalue weighted by Crippen LogP contribution is -2.26. The van der Waals surface area contributed by atoms with Gasteiger partial charge in [0.1, 0.15) is 0 Å². The summed E-state index contributed by atoms with van der Waals surface area (Å²) < 4.78 is 5.06. The zero-order chi connectivity index (χ0) is 11.0. The van der Waals surface area contributed by atoms with Crippen LogP contribution in [0.4, 0.5) is 6.01 Å². The quantitative estimate of drug-likeness (QED) is 0.728. The van der Waals surface area contributed by atoms with E-state index in [0.717, 1.165) is 0 Å². The summed E-state index contributed by atoms with van der Waals surface area (Å²) in [7, 11) is 0. The van der Waals surface area contributed by atoms with Crippen LogP contribution in [-0.2, 0) is 9.59 Å². The number of hydrogen-bond acceptors (Lipinski definition) is 5. The van der Waals surface area contributed by atoms with Crippen molar-refractivity contribution in [1.29, 1.82) is 0 Å². The fraction of sp³-hybridized carbons (Fsp3) is 0.500. The predicted molar refractivity (Wildman–Crippen MR) is 47.1 cm³/mol. The molecular formula is C8H9N3O4. The van der Waals surface area contributed by atoms with E-state index >= 15 is 0 Å². The van der Waals surface area contributed by atoms with Crippen LogP contribution in [-0.4, -0.2) is 33.7 Å². The molecule has 2 heterocycles. The molecule has 1 N–H and O–H groups in total. The van der Waals surface area contributed by atoms with Crippen molar-refractivity contribution in [1.82, 2.24) is 10.2 Å². The number of carbonyl (C=O) groups is 2. The predicted octanol–water partition coefficient (Wildman–Crippen LogP) is -0.184. The fourth-order valence-electron chi connectivity index (χ4n) is 1.45. The highest BCUT2D eigenvalue weighted by molar-refractivity contribution is 5.97. The summed E-state index contributed by atoms with van der Waals surface area (Å²) in [4.78, 5) is 23.3. The molecule has 1 aromatic heterocycles. The first-order valence-corrected chi connectivity index (χ1v) is 4.41. The fourth-order valence-corrected chi connectivity index (χ4v) is 1.45. The standard InChI is InChI=1S/C8H9N3O4/c1-4-9-10-8(15-4)11-3-5(7(13)14)2-6(11)12/h5H,2-3H2,1H3,(H,13,14). The van der Waals surface area contributed by atoms with Crippen LogP contribution in [0, 0.1) is 12.8 Å². The Balaban J connectivity index is 2.18. The molecular weight excluding hydrogens is 202 g/mol. The van der Waals surface area contributed by atoms with E-state index in [1.807, 2.05) is 0 Å². The molecule has 0 bridgehead atoms. The molecule has 7 nitrogen and oxygen atoms in total. The van der Waals surface area contributed by atoms with E-state index in [0.29, 0.717) is 5.89 Å². The van der Waals surface area contributed by atoms with Crippen molar-refractivity contribution in [2.45, 2.75) is 13.3 Å². The maximum absolute atomic E-state index is 11.4. The Morgan fingerprint density at radius 2 is 2.33 bits per heavy atom. The van der Waals surface area contributed by atoms with Gasteiger partial charge in [0.05, 0.1) is 5.92 Å². The molecule has 0 spiro atoms. The Bertz CT molecular complexity index is 414. The second-order valence-electron chi connectivity index (χ2n) is 3.35. The van der Waals surface area contributed by atoms with Crippen molar-refractivity contribution in [3.05, 3.63) is 5.89 Å². The van der Waals surface area contributed by atoms with Gasteiger partial charge in [0, 0.05) is 19.9 Å². The van der Waals surface area contributed by atoms with Crippen LogP contribution in [0.3, 0.4) is 0 Å². The number of anilines is 1. The third-order valence-electron chi connectivity index (χ3n) is 2.22. The van der Waals surface area contributed by atoms with Crippen LogP contribution in [0.2, 0.25) is 0 Å². The Morgan fingerprint density at radius 3 is 2.80 bits per heavy atom. The lowest BCUT2D eigenvalue weighted by Gasteiger charge is -2.08.